The van der Waals surface area contributed by atoms with Gasteiger partial charge in [-0.3, -0.25) is 19.5 Å². The van der Waals surface area contributed by atoms with Crippen molar-refractivity contribution in [1.29, 1.82) is 0 Å². The molecule has 0 atom stereocenters. The Morgan fingerprint density at radius 2 is 1.85 bits per heavy atom. The maximum Gasteiger partial charge on any atom is 0.271 e. The molecule has 0 N–H and O–H groups in total. The van der Waals surface area contributed by atoms with Crippen molar-refractivity contribution >= 4 is 44.7 Å². The molecule has 136 valence electrons. The zero-order valence-electron chi connectivity index (χ0n) is 13.9. The Hall–Kier alpha value is -2.78. The van der Waals surface area contributed by atoms with Crippen LogP contribution >= 0.6 is 27.3 Å². The second-order valence-corrected chi connectivity index (χ2v) is 7.86. The van der Waals surface area contributed by atoms with Gasteiger partial charge in [-0.15, -0.1) is 0 Å². The number of nitrogens with zero attached hydrogens (tertiary/aromatic N) is 4. The van der Waals surface area contributed by atoms with Crippen LogP contribution in [-0.2, 0) is 6.67 Å². The summed E-state index contributed by atoms with van der Waals surface area (Å²) in [6.45, 7) is 0.919. The fraction of sp³-hybridized carbons (Fsp3) is 0.111. The van der Waals surface area contributed by atoms with E-state index in [0.717, 1.165) is 15.7 Å². The zero-order chi connectivity index (χ0) is 19.0. The van der Waals surface area contributed by atoms with Crippen molar-refractivity contribution in [2.24, 2.45) is 4.99 Å². The van der Waals surface area contributed by atoms with E-state index < -0.39 is 4.92 Å². The fourth-order valence-corrected chi connectivity index (χ4v) is 4.00. The van der Waals surface area contributed by atoms with Crippen molar-refractivity contribution in [3.8, 4) is 0 Å². The standard InChI is InChI=1S/C18H13BrN4O3S/c19-13-3-7-14(8-4-13)21-10-20-18-22(11-21)17(24)16(27-18)9-12-1-5-15(6-2-12)23(25)26/h1-9H,10-11H2. The number of nitro benzene ring substituents is 1. The second-order valence-electron chi connectivity index (χ2n) is 5.93. The molecular formula is C18H13BrN4O3S. The molecule has 27 heavy (non-hydrogen) atoms. The zero-order valence-corrected chi connectivity index (χ0v) is 16.3. The number of hydrogen-bond donors (Lipinski definition) is 0. The second kappa shape index (κ2) is 7.09. The van der Waals surface area contributed by atoms with E-state index in [4.69, 9.17) is 0 Å². The van der Waals surface area contributed by atoms with Gasteiger partial charge in [0.2, 0.25) is 0 Å². The molecule has 0 spiro atoms. The van der Waals surface area contributed by atoms with Crippen LogP contribution in [0.3, 0.4) is 0 Å². The SMILES string of the molecule is O=c1c(=Cc2ccc([N+](=O)[O-])cc2)sc2n1CN(c1ccc(Br)cc1)CN=2. The van der Waals surface area contributed by atoms with Gasteiger partial charge in [0.15, 0.2) is 4.80 Å². The molecule has 1 aliphatic rings. The molecule has 0 aliphatic carbocycles. The van der Waals surface area contributed by atoms with Crippen LogP contribution in [0, 0.1) is 10.1 Å². The van der Waals surface area contributed by atoms with Crippen LogP contribution in [0.4, 0.5) is 11.4 Å². The molecule has 2 heterocycles. The van der Waals surface area contributed by atoms with Gasteiger partial charge >= 0.3 is 0 Å². The smallest absolute Gasteiger partial charge is 0.271 e. The highest BCUT2D eigenvalue weighted by atomic mass is 79.9. The Morgan fingerprint density at radius 3 is 2.52 bits per heavy atom. The maximum atomic E-state index is 12.8. The summed E-state index contributed by atoms with van der Waals surface area (Å²) in [6.07, 6.45) is 1.74. The highest BCUT2D eigenvalue weighted by Gasteiger charge is 2.16. The van der Waals surface area contributed by atoms with E-state index >= 15 is 0 Å². The topological polar surface area (TPSA) is 80.7 Å². The van der Waals surface area contributed by atoms with E-state index in [9.17, 15) is 14.9 Å². The molecule has 0 radical (unpaired) electrons. The van der Waals surface area contributed by atoms with Gasteiger partial charge in [-0.2, -0.15) is 0 Å². The largest absolute Gasteiger partial charge is 0.334 e. The lowest BCUT2D eigenvalue weighted by molar-refractivity contribution is -0.384. The molecule has 0 fully saturated rings. The number of hydrogen-bond acceptors (Lipinski definition) is 6. The first-order chi connectivity index (χ1) is 13.0. The maximum absolute atomic E-state index is 12.8. The molecule has 7 nitrogen and oxygen atoms in total. The summed E-state index contributed by atoms with van der Waals surface area (Å²) < 4.78 is 3.20. The van der Waals surface area contributed by atoms with Crippen molar-refractivity contribution in [3.05, 3.63) is 88.4 Å². The van der Waals surface area contributed by atoms with Gasteiger partial charge in [-0.05, 0) is 48.0 Å². The average molecular weight is 445 g/mol. The lowest BCUT2D eigenvalue weighted by Crippen LogP contribution is -2.42. The van der Waals surface area contributed by atoms with Crippen LogP contribution in [-0.4, -0.2) is 16.2 Å². The van der Waals surface area contributed by atoms with Crippen LogP contribution < -0.4 is 19.8 Å². The van der Waals surface area contributed by atoms with E-state index in [-0.39, 0.29) is 11.2 Å². The molecule has 0 amide bonds. The molecular weight excluding hydrogens is 432 g/mol. The predicted octanol–water partition coefficient (Wildman–Crippen LogP) is 2.46. The lowest BCUT2D eigenvalue weighted by Gasteiger charge is -2.25. The fourth-order valence-electron chi connectivity index (χ4n) is 2.77. The Labute approximate surface area is 165 Å². The first-order valence-electron chi connectivity index (χ1n) is 8.02. The predicted molar refractivity (Wildman–Crippen MR) is 108 cm³/mol. The van der Waals surface area contributed by atoms with Crippen LogP contribution in [0.5, 0.6) is 0 Å². The average Bonchev–Trinajstić information content (AvgIpc) is 2.98. The minimum atomic E-state index is -0.446. The number of nitro groups is 1. The minimum Gasteiger partial charge on any atom is -0.334 e. The molecule has 9 heteroatoms. The number of anilines is 1. The van der Waals surface area contributed by atoms with Crippen molar-refractivity contribution in [3.63, 3.8) is 0 Å². The summed E-state index contributed by atoms with van der Waals surface area (Å²) in [6, 6.07) is 14.0. The molecule has 0 bridgehead atoms. The van der Waals surface area contributed by atoms with Crippen molar-refractivity contribution in [2.75, 3.05) is 11.6 Å². The number of non-ortho nitro benzene ring substituents is 1. The van der Waals surface area contributed by atoms with E-state index in [2.05, 4.69) is 20.9 Å². The van der Waals surface area contributed by atoms with Gasteiger partial charge in [-0.25, -0.2) is 4.99 Å². The van der Waals surface area contributed by atoms with E-state index in [0.29, 0.717) is 22.7 Å². The normalized spacial score (nSPS) is 14.0. The van der Waals surface area contributed by atoms with Gasteiger partial charge in [0.25, 0.3) is 11.2 Å². The number of rotatable bonds is 3. The van der Waals surface area contributed by atoms with E-state index in [1.807, 2.05) is 29.2 Å². The molecule has 1 aromatic heterocycles. The number of thiazole rings is 1. The third-order valence-electron chi connectivity index (χ3n) is 4.17. The lowest BCUT2D eigenvalue weighted by atomic mass is 10.2. The van der Waals surface area contributed by atoms with E-state index in [1.165, 1.54) is 23.5 Å². The summed E-state index contributed by atoms with van der Waals surface area (Å²) in [4.78, 5) is 30.3. The summed E-state index contributed by atoms with van der Waals surface area (Å²) in [5.41, 5.74) is 1.64. The van der Waals surface area contributed by atoms with E-state index in [1.54, 1.807) is 22.8 Å². The molecule has 2 aromatic carbocycles. The van der Waals surface area contributed by atoms with Gasteiger partial charge in [-0.1, -0.05) is 27.3 Å². The van der Waals surface area contributed by atoms with Crippen LogP contribution in [0.1, 0.15) is 5.56 Å². The number of fused-ring (bicyclic) bond motifs is 1. The molecule has 3 aromatic rings. The summed E-state index contributed by atoms with van der Waals surface area (Å²) in [5, 5.41) is 10.7. The number of halogens is 1. The van der Waals surface area contributed by atoms with Gasteiger partial charge in [0, 0.05) is 22.3 Å². The molecule has 1 aliphatic heterocycles. The van der Waals surface area contributed by atoms with Crippen molar-refractivity contribution < 1.29 is 4.92 Å². The molecule has 0 saturated heterocycles. The monoisotopic (exact) mass is 444 g/mol. The van der Waals surface area contributed by atoms with Gasteiger partial charge < -0.3 is 4.90 Å². The Morgan fingerprint density at radius 1 is 1.15 bits per heavy atom. The number of aromatic nitrogens is 1. The van der Waals surface area contributed by atoms with Gasteiger partial charge in [0.1, 0.15) is 13.3 Å². The Balaban J connectivity index is 1.67. The van der Waals surface area contributed by atoms with Crippen molar-refractivity contribution in [1.82, 2.24) is 4.57 Å². The highest BCUT2D eigenvalue weighted by Crippen LogP contribution is 2.19. The third kappa shape index (κ3) is 3.56. The molecule has 4 rings (SSSR count). The molecule has 0 unspecified atom stereocenters. The summed E-state index contributed by atoms with van der Waals surface area (Å²) in [5.74, 6) is 0. The quantitative estimate of drug-likeness (QED) is 0.458. The minimum absolute atomic E-state index is 0.0227. The molecule has 0 saturated carbocycles. The first kappa shape index (κ1) is 17.6. The third-order valence-corrected chi connectivity index (χ3v) is 5.74. The number of benzene rings is 2. The summed E-state index contributed by atoms with van der Waals surface area (Å²) >= 11 is 4.74. The first-order valence-corrected chi connectivity index (χ1v) is 9.63. The van der Waals surface area contributed by atoms with Crippen molar-refractivity contribution in [2.45, 2.75) is 6.67 Å². The van der Waals surface area contributed by atoms with Crippen LogP contribution in [0.15, 0.2) is 62.8 Å². The Kier molecular flexibility index (Phi) is 4.63. The van der Waals surface area contributed by atoms with Gasteiger partial charge in [0.05, 0.1) is 9.46 Å². The highest BCUT2D eigenvalue weighted by molar-refractivity contribution is 9.10. The van der Waals surface area contributed by atoms with Crippen LogP contribution in [0.25, 0.3) is 6.08 Å². The Bertz CT molecular complexity index is 1180. The summed E-state index contributed by atoms with van der Waals surface area (Å²) in [7, 11) is 0. The van der Waals surface area contributed by atoms with Crippen LogP contribution in [0.2, 0.25) is 0 Å².